The summed E-state index contributed by atoms with van der Waals surface area (Å²) >= 11 is 0. The highest BCUT2D eigenvalue weighted by Crippen LogP contribution is 2.10. The molecule has 0 radical (unpaired) electrons. The Morgan fingerprint density at radius 2 is 2.29 bits per heavy atom. The third-order valence-electron chi connectivity index (χ3n) is 2.52. The van der Waals surface area contributed by atoms with Crippen molar-refractivity contribution in [3.05, 3.63) is 0 Å². The zero-order valence-electron chi connectivity index (χ0n) is 9.05. The van der Waals surface area contributed by atoms with Gasteiger partial charge in [-0.05, 0) is 32.2 Å². The van der Waals surface area contributed by atoms with Crippen molar-refractivity contribution in [3.8, 4) is 0 Å². The number of ether oxygens (including phenoxy) is 1. The van der Waals surface area contributed by atoms with Crippen LogP contribution in [0.4, 0.5) is 0 Å². The third-order valence-corrected chi connectivity index (χ3v) is 2.52. The summed E-state index contributed by atoms with van der Waals surface area (Å²) in [6.45, 7) is 3.11. The van der Waals surface area contributed by atoms with Gasteiger partial charge in [0.1, 0.15) is 0 Å². The quantitative estimate of drug-likeness (QED) is 0.545. The van der Waals surface area contributed by atoms with E-state index in [-0.39, 0.29) is 12.2 Å². The number of hydrogen-bond acceptors (Lipinski definition) is 3. The first-order chi connectivity index (χ1) is 6.83. The smallest absolute Gasteiger partial charge is 0.307 e. The maximum atomic E-state index is 11.3. The predicted molar refractivity (Wildman–Crippen MR) is 55.9 cm³/mol. The molecule has 3 heteroatoms. The van der Waals surface area contributed by atoms with E-state index in [0.717, 1.165) is 32.2 Å². The van der Waals surface area contributed by atoms with Gasteiger partial charge in [-0.25, -0.2) is 0 Å². The lowest BCUT2D eigenvalue weighted by molar-refractivity contribution is -0.152. The second-order valence-electron chi connectivity index (χ2n) is 3.89. The molecule has 1 N–H and O–H groups in total. The largest absolute Gasteiger partial charge is 0.447 e. The van der Waals surface area contributed by atoms with E-state index in [1.165, 1.54) is 12.8 Å². The van der Waals surface area contributed by atoms with Gasteiger partial charge in [-0.3, -0.25) is 10.1 Å². The normalized spacial score (nSPS) is 21.9. The van der Waals surface area contributed by atoms with Crippen LogP contribution in [0.3, 0.4) is 0 Å². The Hall–Kier alpha value is -0.570. The molecule has 1 rings (SSSR count). The van der Waals surface area contributed by atoms with Gasteiger partial charge in [-0.15, -0.1) is 0 Å². The van der Waals surface area contributed by atoms with Crippen LogP contribution in [-0.4, -0.2) is 18.7 Å². The Morgan fingerprint density at radius 1 is 1.43 bits per heavy atom. The molecule has 1 unspecified atom stereocenters. The zero-order chi connectivity index (χ0) is 10.2. The summed E-state index contributed by atoms with van der Waals surface area (Å²) in [6, 6.07) is 0. The Morgan fingerprint density at radius 3 is 2.93 bits per heavy atom. The fourth-order valence-electron chi connectivity index (χ4n) is 1.66. The molecule has 0 aromatic heterocycles. The van der Waals surface area contributed by atoms with Crippen molar-refractivity contribution in [2.45, 2.75) is 58.1 Å². The van der Waals surface area contributed by atoms with E-state index in [1.807, 2.05) is 0 Å². The van der Waals surface area contributed by atoms with Crippen LogP contribution in [0.5, 0.6) is 0 Å². The number of nitrogens with one attached hydrogen (secondary N) is 1. The standard InChI is InChI=1S/C11H21NO2/c1-2-3-4-8-11(13)14-10-7-5-6-9-12-10/h10,12H,2-9H2,1H3. The molecule has 82 valence electrons. The van der Waals surface area contributed by atoms with Crippen molar-refractivity contribution in [1.82, 2.24) is 5.32 Å². The first kappa shape index (κ1) is 11.5. The molecule has 1 aliphatic heterocycles. The molecule has 0 aromatic carbocycles. The lowest BCUT2D eigenvalue weighted by Gasteiger charge is -2.23. The van der Waals surface area contributed by atoms with Crippen molar-refractivity contribution in [3.63, 3.8) is 0 Å². The van der Waals surface area contributed by atoms with Gasteiger partial charge in [-0.2, -0.15) is 0 Å². The first-order valence-electron chi connectivity index (χ1n) is 5.76. The van der Waals surface area contributed by atoms with Crippen LogP contribution in [0.2, 0.25) is 0 Å². The van der Waals surface area contributed by atoms with Crippen molar-refractivity contribution >= 4 is 5.97 Å². The van der Waals surface area contributed by atoms with Crippen LogP contribution in [0.25, 0.3) is 0 Å². The average molecular weight is 199 g/mol. The molecule has 1 heterocycles. The average Bonchev–Trinajstić information content (AvgIpc) is 2.20. The number of carbonyl (C=O) groups excluding carboxylic acids is 1. The number of hydrogen-bond donors (Lipinski definition) is 1. The maximum absolute atomic E-state index is 11.3. The Balaban J connectivity index is 2.06. The molecule has 0 spiro atoms. The summed E-state index contributed by atoms with van der Waals surface area (Å²) in [4.78, 5) is 11.3. The Bertz CT molecular complexity index is 165. The monoisotopic (exact) mass is 199 g/mol. The molecule has 0 saturated carbocycles. The van der Waals surface area contributed by atoms with Crippen molar-refractivity contribution in [2.24, 2.45) is 0 Å². The van der Waals surface area contributed by atoms with E-state index in [0.29, 0.717) is 6.42 Å². The third kappa shape index (κ3) is 4.61. The minimum absolute atomic E-state index is 0.0159. The van der Waals surface area contributed by atoms with Crippen molar-refractivity contribution in [1.29, 1.82) is 0 Å². The topological polar surface area (TPSA) is 38.3 Å². The molecule has 3 nitrogen and oxygen atoms in total. The number of esters is 1. The van der Waals surface area contributed by atoms with Gasteiger partial charge in [0.2, 0.25) is 0 Å². The Labute approximate surface area is 86.2 Å². The minimum Gasteiger partial charge on any atom is -0.447 e. The molecule has 0 amide bonds. The van der Waals surface area contributed by atoms with Crippen LogP contribution in [0, 0.1) is 0 Å². The summed E-state index contributed by atoms with van der Waals surface area (Å²) in [6.07, 6.45) is 7.12. The van der Waals surface area contributed by atoms with Crippen LogP contribution in [0.15, 0.2) is 0 Å². The molecule has 1 saturated heterocycles. The van der Waals surface area contributed by atoms with Gasteiger partial charge in [0.15, 0.2) is 6.23 Å². The number of unbranched alkanes of at least 4 members (excludes halogenated alkanes) is 2. The zero-order valence-corrected chi connectivity index (χ0v) is 9.05. The molecule has 14 heavy (non-hydrogen) atoms. The molecule has 0 aromatic rings. The van der Waals surface area contributed by atoms with Gasteiger partial charge in [-0.1, -0.05) is 19.8 Å². The molecule has 1 fully saturated rings. The summed E-state index contributed by atoms with van der Waals surface area (Å²) in [5.74, 6) is -0.0437. The second kappa shape index (κ2) is 6.82. The summed E-state index contributed by atoms with van der Waals surface area (Å²) in [5, 5.41) is 3.20. The Kier molecular flexibility index (Phi) is 5.60. The summed E-state index contributed by atoms with van der Waals surface area (Å²) in [7, 11) is 0. The highest BCUT2D eigenvalue weighted by molar-refractivity contribution is 5.69. The highest BCUT2D eigenvalue weighted by atomic mass is 16.6. The van der Waals surface area contributed by atoms with Gasteiger partial charge < -0.3 is 4.74 Å². The molecular formula is C11H21NO2. The summed E-state index contributed by atoms with van der Waals surface area (Å²) in [5.41, 5.74) is 0. The predicted octanol–water partition coefficient (Wildman–Crippen LogP) is 2.21. The van der Waals surface area contributed by atoms with Crippen LogP contribution in [0.1, 0.15) is 51.9 Å². The van der Waals surface area contributed by atoms with E-state index in [2.05, 4.69) is 12.2 Å². The van der Waals surface area contributed by atoms with E-state index in [4.69, 9.17) is 4.74 Å². The fourth-order valence-corrected chi connectivity index (χ4v) is 1.66. The SMILES string of the molecule is CCCCCC(=O)OC1CCCCN1. The highest BCUT2D eigenvalue weighted by Gasteiger charge is 2.16. The lowest BCUT2D eigenvalue weighted by Crippen LogP contribution is -2.37. The van der Waals surface area contributed by atoms with E-state index < -0.39 is 0 Å². The van der Waals surface area contributed by atoms with Gasteiger partial charge in [0, 0.05) is 6.42 Å². The van der Waals surface area contributed by atoms with E-state index in [9.17, 15) is 4.79 Å². The van der Waals surface area contributed by atoms with Crippen molar-refractivity contribution < 1.29 is 9.53 Å². The minimum atomic E-state index is -0.0437. The first-order valence-corrected chi connectivity index (χ1v) is 5.76. The molecule has 0 aliphatic carbocycles. The van der Waals surface area contributed by atoms with E-state index >= 15 is 0 Å². The summed E-state index contributed by atoms with van der Waals surface area (Å²) < 4.78 is 5.29. The number of piperidine rings is 1. The van der Waals surface area contributed by atoms with E-state index in [1.54, 1.807) is 0 Å². The van der Waals surface area contributed by atoms with Crippen LogP contribution < -0.4 is 5.32 Å². The van der Waals surface area contributed by atoms with Crippen molar-refractivity contribution in [2.75, 3.05) is 6.54 Å². The number of carbonyl (C=O) groups is 1. The van der Waals surface area contributed by atoms with Crippen LogP contribution in [-0.2, 0) is 9.53 Å². The molecule has 1 aliphatic rings. The second-order valence-corrected chi connectivity index (χ2v) is 3.89. The van der Waals surface area contributed by atoms with Gasteiger partial charge >= 0.3 is 5.97 Å². The molecular weight excluding hydrogens is 178 g/mol. The van der Waals surface area contributed by atoms with Gasteiger partial charge in [0.05, 0.1) is 0 Å². The lowest BCUT2D eigenvalue weighted by atomic mass is 10.1. The maximum Gasteiger partial charge on any atom is 0.307 e. The van der Waals surface area contributed by atoms with Crippen LogP contribution >= 0.6 is 0 Å². The van der Waals surface area contributed by atoms with Gasteiger partial charge in [0.25, 0.3) is 0 Å². The molecule has 0 bridgehead atoms. The molecule has 1 atom stereocenters. The number of rotatable bonds is 5. The fraction of sp³-hybridized carbons (Fsp3) is 0.909.